The van der Waals surface area contributed by atoms with Crippen molar-refractivity contribution in [2.75, 3.05) is 7.11 Å². The van der Waals surface area contributed by atoms with Gasteiger partial charge in [-0.25, -0.2) is 4.79 Å². The zero-order valence-corrected chi connectivity index (χ0v) is 14.8. The van der Waals surface area contributed by atoms with E-state index in [0.717, 1.165) is 5.56 Å². The molecule has 0 aliphatic carbocycles. The van der Waals surface area contributed by atoms with Crippen LogP contribution in [0.5, 0.6) is 11.5 Å². The number of hydrogen-bond donors (Lipinski definition) is 0. The Morgan fingerprint density at radius 2 is 1.96 bits per heavy atom. The topological polar surface area (TPSA) is 59.3 Å². The molecule has 0 fully saturated rings. The van der Waals surface area contributed by atoms with Gasteiger partial charge in [0.25, 0.3) is 0 Å². The average molecular weight is 361 g/mol. The van der Waals surface area contributed by atoms with Gasteiger partial charge in [0.2, 0.25) is 0 Å². The zero-order valence-electron chi connectivity index (χ0n) is 14.0. The van der Waals surface area contributed by atoms with Crippen LogP contribution in [0.4, 0.5) is 0 Å². The van der Waals surface area contributed by atoms with Gasteiger partial charge in [-0.2, -0.15) is 5.26 Å². The minimum atomic E-state index is -0.397. The maximum absolute atomic E-state index is 12.1. The highest BCUT2D eigenvalue weighted by molar-refractivity contribution is 7.12. The van der Waals surface area contributed by atoms with Crippen molar-refractivity contribution in [1.29, 1.82) is 5.26 Å². The smallest absolute Gasteiger partial charge is 0.353 e. The Bertz CT molecular complexity index is 984. The Morgan fingerprint density at radius 1 is 1.12 bits per heavy atom. The molecule has 0 unspecified atom stereocenters. The standard InChI is InChI=1S/C21H15NO3S/c1-24-19-9-3-2-8-18(19)16(14-22)12-15-6-4-7-17(13-15)25-21(23)20-10-5-11-26-20/h2-13H,1H3/b16-12-. The van der Waals surface area contributed by atoms with Crippen molar-refractivity contribution in [3.05, 3.63) is 82.0 Å². The van der Waals surface area contributed by atoms with Crippen LogP contribution < -0.4 is 9.47 Å². The number of nitriles is 1. The monoisotopic (exact) mass is 361 g/mol. The molecule has 0 saturated heterocycles. The Morgan fingerprint density at radius 3 is 2.69 bits per heavy atom. The molecule has 0 amide bonds. The fraction of sp³-hybridized carbons (Fsp3) is 0.0476. The van der Waals surface area contributed by atoms with Crippen LogP contribution in [0.25, 0.3) is 11.6 Å². The average Bonchev–Trinajstić information content (AvgIpc) is 3.21. The van der Waals surface area contributed by atoms with Crippen molar-refractivity contribution < 1.29 is 14.3 Å². The van der Waals surface area contributed by atoms with Crippen molar-refractivity contribution in [3.8, 4) is 17.6 Å². The molecule has 1 heterocycles. The van der Waals surface area contributed by atoms with Crippen molar-refractivity contribution in [2.45, 2.75) is 0 Å². The Labute approximate surface area is 155 Å². The molecule has 4 nitrogen and oxygen atoms in total. The van der Waals surface area contributed by atoms with Crippen LogP contribution in [-0.4, -0.2) is 13.1 Å². The Balaban J connectivity index is 1.88. The third kappa shape index (κ3) is 4.00. The van der Waals surface area contributed by atoms with Gasteiger partial charge in [0.1, 0.15) is 16.4 Å². The molecule has 1 aromatic heterocycles. The van der Waals surface area contributed by atoms with Gasteiger partial charge in [0.05, 0.1) is 18.8 Å². The summed E-state index contributed by atoms with van der Waals surface area (Å²) in [5.74, 6) is 0.654. The van der Waals surface area contributed by atoms with Gasteiger partial charge in [0.15, 0.2) is 0 Å². The number of para-hydroxylation sites is 1. The molecule has 0 bridgehead atoms. The van der Waals surface area contributed by atoms with Crippen LogP contribution in [0.3, 0.4) is 0 Å². The SMILES string of the molecule is COc1ccccc1/C(C#N)=C\c1cccc(OC(=O)c2cccs2)c1. The second-order valence-corrected chi connectivity index (χ2v) is 6.26. The molecule has 3 aromatic rings. The van der Waals surface area contributed by atoms with E-state index < -0.39 is 5.97 Å². The third-order valence-corrected chi connectivity index (χ3v) is 4.47. The zero-order chi connectivity index (χ0) is 18.4. The first-order valence-corrected chi connectivity index (χ1v) is 8.70. The van der Waals surface area contributed by atoms with Gasteiger partial charge in [0, 0.05) is 5.56 Å². The molecule has 0 atom stereocenters. The van der Waals surface area contributed by atoms with Crippen LogP contribution >= 0.6 is 11.3 Å². The first-order chi connectivity index (χ1) is 12.7. The molecule has 2 aromatic carbocycles. The number of carbonyl (C=O) groups is 1. The van der Waals surface area contributed by atoms with Gasteiger partial charge in [-0.1, -0.05) is 30.3 Å². The second-order valence-electron chi connectivity index (χ2n) is 5.31. The van der Waals surface area contributed by atoms with E-state index in [1.54, 1.807) is 49.6 Å². The Kier molecular flexibility index (Phi) is 5.47. The van der Waals surface area contributed by atoms with Crippen molar-refractivity contribution in [2.24, 2.45) is 0 Å². The van der Waals surface area contributed by atoms with Crippen molar-refractivity contribution >= 4 is 29.0 Å². The van der Waals surface area contributed by atoms with E-state index in [-0.39, 0.29) is 0 Å². The molecular weight excluding hydrogens is 346 g/mol. The van der Waals surface area contributed by atoms with Crippen LogP contribution in [0.2, 0.25) is 0 Å². The maximum Gasteiger partial charge on any atom is 0.353 e. The van der Waals surface area contributed by atoms with Gasteiger partial charge >= 0.3 is 5.97 Å². The number of nitrogens with zero attached hydrogens (tertiary/aromatic N) is 1. The molecule has 0 spiro atoms. The summed E-state index contributed by atoms with van der Waals surface area (Å²) in [6.07, 6.45) is 1.74. The highest BCUT2D eigenvalue weighted by atomic mass is 32.1. The van der Waals surface area contributed by atoms with E-state index in [4.69, 9.17) is 9.47 Å². The molecule has 0 saturated carbocycles. The summed E-state index contributed by atoms with van der Waals surface area (Å²) in [6, 6.07) is 20.1. The van der Waals surface area contributed by atoms with E-state index in [1.807, 2.05) is 29.6 Å². The summed E-state index contributed by atoms with van der Waals surface area (Å²) in [4.78, 5) is 12.6. The molecule has 0 aliphatic rings. The minimum absolute atomic E-state index is 0.397. The normalized spacial score (nSPS) is 10.8. The lowest BCUT2D eigenvalue weighted by Crippen LogP contribution is -2.06. The van der Waals surface area contributed by atoms with Gasteiger partial charge < -0.3 is 9.47 Å². The Hall–Kier alpha value is -3.36. The minimum Gasteiger partial charge on any atom is -0.496 e. The number of rotatable bonds is 5. The molecule has 0 N–H and O–H groups in total. The van der Waals surface area contributed by atoms with Crippen molar-refractivity contribution in [3.63, 3.8) is 0 Å². The van der Waals surface area contributed by atoms with E-state index in [9.17, 15) is 10.1 Å². The summed E-state index contributed by atoms with van der Waals surface area (Å²) >= 11 is 1.33. The van der Waals surface area contributed by atoms with Crippen LogP contribution in [-0.2, 0) is 0 Å². The highest BCUT2D eigenvalue weighted by Gasteiger charge is 2.11. The quantitative estimate of drug-likeness (QED) is 0.276. The summed E-state index contributed by atoms with van der Waals surface area (Å²) in [5, 5.41) is 11.4. The first-order valence-electron chi connectivity index (χ1n) is 7.82. The number of allylic oxidation sites excluding steroid dienone is 1. The number of esters is 1. The largest absolute Gasteiger partial charge is 0.496 e. The molecule has 0 aliphatic heterocycles. The van der Waals surface area contributed by atoms with E-state index in [2.05, 4.69) is 6.07 Å². The van der Waals surface area contributed by atoms with E-state index >= 15 is 0 Å². The second kappa shape index (κ2) is 8.15. The van der Waals surface area contributed by atoms with Gasteiger partial charge in [-0.05, 0) is 47.4 Å². The third-order valence-electron chi connectivity index (χ3n) is 3.62. The molecular formula is C21H15NO3S. The lowest BCUT2D eigenvalue weighted by atomic mass is 10.0. The maximum atomic E-state index is 12.1. The van der Waals surface area contributed by atoms with Crippen LogP contribution in [0.1, 0.15) is 20.8 Å². The van der Waals surface area contributed by atoms with Crippen LogP contribution in [0, 0.1) is 11.3 Å². The summed E-state index contributed by atoms with van der Waals surface area (Å²) < 4.78 is 10.7. The number of thiophene rings is 1. The molecule has 128 valence electrons. The molecule has 26 heavy (non-hydrogen) atoms. The number of hydrogen-bond acceptors (Lipinski definition) is 5. The summed E-state index contributed by atoms with van der Waals surface area (Å²) in [5.41, 5.74) is 1.92. The van der Waals surface area contributed by atoms with Crippen molar-refractivity contribution in [1.82, 2.24) is 0 Å². The first kappa shape index (κ1) is 17.5. The lowest BCUT2D eigenvalue weighted by molar-refractivity contribution is 0.0740. The molecule has 0 radical (unpaired) electrons. The fourth-order valence-corrected chi connectivity index (χ4v) is 3.02. The van der Waals surface area contributed by atoms with Gasteiger partial charge in [-0.3, -0.25) is 0 Å². The predicted molar refractivity (Wildman–Crippen MR) is 102 cm³/mol. The number of methoxy groups -OCH3 is 1. The fourth-order valence-electron chi connectivity index (χ4n) is 2.42. The number of carbonyl (C=O) groups excluding carboxylic acids is 1. The van der Waals surface area contributed by atoms with Gasteiger partial charge in [-0.15, -0.1) is 11.3 Å². The molecule has 3 rings (SSSR count). The predicted octanol–water partition coefficient (Wildman–Crippen LogP) is 5.04. The lowest BCUT2D eigenvalue weighted by Gasteiger charge is -2.07. The van der Waals surface area contributed by atoms with E-state index in [0.29, 0.717) is 27.5 Å². The summed E-state index contributed by atoms with van der Waals surface area (Å²) in [7, 11) is 1.57. The van der Waals surface area contributed by atoms with E-state index in [1.165, 1.54) is 11.3 Å². The molecule has 5 heteroatoms. The summed E-state index contributed by atoms with van der Waals surface area (Å²) in [6.45, 7) is 0. The number of ether oxygens (including phenoxy) is 2. The number of benzene rings is 2. The van der Waals surface area contributed by atoms with Crippen LogP contribution in [0.15, 0.2) is 66.0 Å². The highest BCUT2D eigenvalue weighted by Crippen LogP contribution is 2.28.